The van der Waals surface area contributed by atoms with Crippen LogP contribution in [0.1, 0.15) is 19.4 Å². The van der Waals surface area contributed by atoms with Gasteiger partial charge in [-0.2, -0.15) is 0 Å². The third-order valence-electron chi connectivity index (χ3n) is 3.36. The van der Waals surface area contributed by atoms with E-state index in [1.807, 2.05) is 24.3 Å². The van der Waals surface area contributed by atoms with E-state index in [1.165, 1.54) is 18.7 Å². The Hall–Kier alpha value is -1.52. The summed E-state index contributed by atoms with van der Waals surface area (Å²) in [6, 6.07) is 12.6. The number of ether oxygens (including phenoxy) is 1. The Balaban J connectivity index is 2.56. The van der Waals surface area contributed by atoms with Crippen LogP contribution in [0.5, 0.6) is 5.75 Å². The number of hydrogen-bond acceptors (Lipinski definition) is 3. The van der Waals surface area contributed by atoms with Crippen LogP contribution in [0.4, 0.5) is 0 Å². The molecule has 0 radical (unpaired) electrons. The fourth-order valence-corrected chi connectivity index (χ4v) is 3.54. The van der Waals surface area contributed by atoms with Crippen LogP contribution in [-0.2, 0) is 15.5 Å². The highest BCUT2D eigenvalue weighted by Gasteiger charge is 2.20. The predicted molar refractivity (Wildman–Crippen MR) is 90.0 cm³/mol. The Bertz CT molecular complexity index is 750. The van der Waals surface area contributed by atoms with Gasteiger partial charge < -0.3 is 4.74 Å². The first kappa shape index (κ1) is 16.8. The van der Waals surface area contributed by atoms with Crippen LogP contribution in [0.3, 0.4) is 0 Å². The summed E-state index contributed by atoms with van der Waals surface area (Å²) in [5.74, 6) is 1.05. The maximum absolute atomic E-state index is 11.8. The van der Waals surface area contributed by atoms with E-state index in [2.05, 4.69) is 13.8 Å². The van der Waals surface area contributed by atoms with Crippen LogP contribution in [-0.4, -0.2) is 15.5 Å². The van der Waals surface area contributed by atoms with E-state index in [9.17, 15) is 8.42 Å². The van der Waals surface area contributed by atoms with Crippen molar-refractivity contribution in [3.05, 3.63) is 48.0 Å². The van der Waals surface area contributed by atoms with Crippen molar-refractivity contribution in [2.75, 3.05) is 7.11 Å². The second-order valence-electron chi connectivity index (χ2n) is 5.57. The van der Waals surface area contributed by atoms with Crippen molar-refractivity contribution in [2.24, 2.45) is 5.92 Å². The molecule has 0 N–H and O–H groups in total. The Morgan fingerprint density at radius 1 is 1.09 bits per heavy atom. The van der Waals surface area contributed by atoms with Gasteiger partial charge in [0.05, 0.1) is 12.0 Å². The molecule has 22 heavy (non-hydrogen) atoms. The molecule has 2 aromatic carbocycles. The van der Waals surface area contributed by atoms with Crippen LogP contribution in [0.15, 0.2) is 47.4 Å². The number of halogens is 1. The maximum Gasteiger partial charge on any atom is 0.262 e. The minimum atomic E-state index is -3.85. The second kappa shape index (κ2) is 6.71. The molecule has 0 spiro atoms. The van der Waals surface area contributed by atoms with E-state index >= 15 is 0 Å². The normalized spacial score (nSPS) is 11.7. The van der Waals surface area contributed by atoms with Crippen LogP contribution in [0, 0.1) is 5.92 Å². The van der Waals surface area contributed by atoms with Gasteiger partial charge in [-0.15, -0.1) is 0 Å². The lowest BCUT2D eigenvalue weighted by Gasteiger charge is -2.13. The van der Waals surface area contributed by atoms with Gasteiger partial charge in [-0.3, -0.25) is 0 Å². The number of hydrogen-bond donors (Lipinski definition) is 0. The van der Waals surface area contributed by atoms with Crippen molar-refractivity contribution >= 4 is 19.7 Å². The minimum Gasteiger partial charge on any atom is -0.496 e. The summed E-state index contributed by atoms with van der Waals surface area (Å²) < 4.78 is 28.9. The van der Waals surface area contributed by atoms with Crippen molar-refractivity contribution in [1.29, 1.82) is 0 Å². The van der Waals surface area contributed by atoms with E-state index in [4.69, 9.17) is 15.4 Å². The highest BCUT2D eigenvalue weighted by molar-refractivity contribution is 8.13. The molecular formula is C17H19ClO3S. The molecule has 0 saturated carbocycles. The van der Waals surface area contributed by atoms with Crippen LogP contribution >= 0.6 is 10.7 Å². The molecule has 2 aromatic rings. The molecule has 118 valence electrons. The Morgan fingerprint density at radius 3 is 2.23 bits per heavy atom. The number of benzene rings is 2. The van der Waals surface area contributed by atoms with Gasteiger partial charge in [0.15, 0.2) is 0 Å². The molecule has 0 aliphatic carbocycles. The summed E-state index contributed by atoms with van der Waals surface area (Å²) >= 11 is 0. The summed E-state index contributed by atoms with van der Waals surface area (Å²) in [5.41, 5.74) is 2.48. The van der Waals surface area contributed by atoms with Gasteiger partial charge >= 0.3 is 0 Å². The zero-order valence-electron chi connectivity index (χ0n) is 12.8. The van der Waals surface area contributed by atoms with Crippen LogP contribution in [0.2, 0.25) is 0 Å². The Kier molecular flexibility index (Phi) is 5.14. The largest absolute Gasteiger partial charge is 0.496 e. The average Bonchev–Trinajstić information content (AvgIpc) is 2.45. The predicted octanol–water partition coefficient (Wildman–Crippen LogP) is 4.49. The molecule has 0 aliphatic heterocycles. The first-order valence-electron chi connectivity index (χ1n) is 7.04. The summed E-state index contributed by atoms with van der Waals surface area (Å²) in [5, 5.41) is 0. The quantitative estimate of drug-likeness (QED) is 0.754. The summed E-state index contributed by atoms with van der Waals surface area (Å²) in [4.78, 5) is 0.0603. The molecule has 0 atom stereocenters. The van der Waals surface area contributed by atoms with Crippen LogP contribution < -0.4 is 4.74 Å². The van der Waals surface area contributed by atoms with Gasteiger partial charge in [0.1, 0.15) is 5.75 Å². The van der Waals surface area contributed by atoms with Crippen LogP contribution in [0.25, 0.3) is 11.1 Å². The first-order chi connectivity index (χ1) is 10.3. The molecule has 3 nitrogen and oxygen atoms in total. The van der Waals surface area contributed by atoms with E-state index in [0.29, 0.717) is 17.2 Å². The summed E-state index contributed by atoms with van der Waals surface area (Å²) in [6.07, 6.45) is 0.979. The van der Waals surface area contributed by atoms with Gasteiger partial charge in [-0.1, -0.05) is 44.2 Å². The van der Waals surface area contributed by atoms with Gasteiger partial charge in [0, 0.05) is 16.2 Å². The second-order valence-corrected chi connectivity index (χ2v) is 8.10. The van der Waals surface area contributed by atoms with Crippen molar-refractivity contribution in [2.45, 2.75) is 25.2 Å². The molecule has 0 bridgehead atoms. The fraction of sp³-hybridized carbons (Fsp3) is 0.294. The van der Waals surface area contributed by atoms with E-state index < -0.39 is 9.05 Å². The highest BCUT2D eigenvalue weighted by Crippen LogP contribution is 2.37. The lowest BCUT2D eigenvalue weighted by Crippen LogP contribution is -1.98. The Labute approximate surface area is 136 Å². The molecule has 0 heterocycles. The smallest absolute Gasteiger partial charge is 0.262 e. The van der Waals surface area contributed by atoms with E-state index in [1.54, 1.807) is 12.1 Å². The maximum atomic E-state index is 11.8. The molecule has 0 aliphatic rings. The molecule has 0 unspecified atom stereocenters. The van der Waals surface area contributed by atoms with Crippen molar-refractivity contribution in [3.8, 4) is 16.9 Å². The SMILES string of the molecule is COc1cccc(S(=O)(=O)Cl)c1-c1ccc(CC(C)C)cc1. The van der Waals surface area contributed by atoms with Crippen molar-refractivity contribution < 1.29 is 13.2 Å². The van der Waals surface area contributed by atoms with Gasteiger partial charge in [-0.05, 0) is 35.6 Å². The third-order valence-corrected chi connectivity index (χ3v) is 4.72. The zero-order valence-corrected chi connectivity index (χ0v) is 14.4. The molecular weight excluding hydrogens is 320 g/mol. The number of rotatable bonds is 5. The average molecular weight is 339 g/mol. The monoisotopic (exact) mass is 338 g/mol. The van der Waals surface area contributed by atoms with E-state index in [0.717, 1.165) is 12.0 Å². The van der Waals surface area contributed by atoms with Crippen molar-refractivity contribution in [1.82, 2.24) is 0 Å². The molecule has 0 aromatic heterocycles. The standard InChI is InChI=1S/C17H19ClO3S/c1-12(2)11-13-7-9-14(10-8-13)17-15(21-3)5-4-6-16(17)22(18,19)20/h4-10,12H,11H2,1-3H3. The fourth-order valence-electron chi connectivity index (χ4n) is 2.45. The first-order valence-corrected chi connectivity index (χ1v) is 9.35. The highest BCUT2D eigenvalue weighted by atomic mass is 35.7. The molecule has 5 heteroatoms. The third kappa shape index (κ3) is 3.81. The van der Waals surface area contributed by atoms with Gasteiger partial charge in [-0.25, -0.2) is 8.42 Å². The van der Waals surface area contributed by atoms with E-state index in [-0.39, 0.29) is 4.90 Å². The summed E-state index contributed by atoms with van der Waals surface area (Å²) in [7, 11) is 3.22. The molecule has 0 saturated heterocycles. The minimum absolute atomic E-state index is 0.0603. The number of methoxy groups -OCH3 is 1. The van der Waals surface area contributed by atoms with Gasteiger partial charge in [0.2, 0.25) is 0 Å². The molecule has 0 fully saturated rings. The summed E-state index contributed by atoms with van der Waals surface area (Å²) in [6.45, 7) is 4.32. The lowest BCUT2D eigenvalue weighted by molar-refractivity contribution is 0.415. The topological polar surface area (TPSA) is 43.4 Å². The molecule has 0 amide bonds. The van der Waals surface area contributed by atoms with Gasteiger partial charge in [0.25, 0.3) is 9.05 Å². The Morgan fingerprint density at radius 2 is 1.73 bits per heavy atom. The lowest BCUT2D eigenvalue weighted by atomic mass is 9.98. The molecule has 2 rings (SSSR count). The zero-order chi connectivity index (χ0) is 16.3. The van der Waals surface area contributed by atoms with Crippen molar-refractivity contribution in [3.63, 3.8) is 0 Å².